The molecule has 1 fully saturated rings. The molecular weight excluding hydrogens is 368 g/mol. The number of hydrogen-bond acceptors (Lipinski definition) is 5. The molecular formula is C22H36N4O3. The van der Waals surface area contributed by atoms with E-state index in [-0.39, 0.29) is 0 Å². The Morgan fingerprint density at radius 1 is 1.28 bits per heavy atom. The van der Waals surface area contributed by atoms with Crippen molar-refractivity contribution in [2.45, 2.75) is 32.9 Å². The van der Waals surface area contributed by atoms with Gasteiger partial charge in [-0.05, 0) is 38.0 Å². The molecule has 1 aromatic carbocycles. The maximum Gasteiger partial charge on any atom is 0.191 e. The molecule has 29 heavy (non-hydrogen) atoms. The molecule has 0 amide bonds. The van der Waals surface area contributed by atoms with E-state index >= 15 is 0 Å². The van der Waals surface area contributed by atoms with E-state index in [1.54, 1.807) is 14.2 Å². The van der Waals surface area contributed by atoms with E-state index in [9.17, 15) is 0 Å². The molecule has 162 valence electrons. The minimum atomic E-state index is 0.419. The van der Waals surface area contributed by atoms with Gasteiger partial charge in [0.15, 0.2) is 17.5 Å². The highest BCUT2D eigenvalue weighted by Gasteiger charge is 2.17. The molecule has 0 radical (unpaired) electrons. The molecule has 0 aliphatic carbocycles. The molecule has 1 saturated heterocycles. The van der Waals surface area contributed by atoms with E-state index in [4.69, 9.17) is 19.2 Å². The first kappa shape index (κ1) is 23.0. The van der Waals surface area contributed by atoms with Crippen LogP contribution in [0.1, 0.15) is 25.0 Å². The molecule has 2 rings (SSSR count). The molecule has 7 nitrogen and oxygen atoms in total. The number of hydrogen-bond donors (Lipinski definition) is 2. The highest BCUT2D eigenvalue weighted by Crippen LogP contribution is 2.33. The lowest BCUT2D eigenvalue weighted by atomic mass is 10.1. The number of rotatable bonds is 10. The molecule has 0 aromatic heterocycles. The van der Waals surface area contributed by atoms with Crippen molar-refractivity contribution < 1.29 is 14.2 Å². The number of ether oxygens (including phenoxy) is 3. The van der Waals surface area contributed by atoms with Gasteiger partial charge in [0.1, 0.15) is 0 Å². The van der Waals surface area contributed by atoms with Gasteiger partial charge in [-0.15, -0.1) is 6.58 Å². The van der Waals surface area contributed by atoms with Gasteiger partial charge < -0.3 is 24.8 Å². The highest BCUT2D eigenvalue weighted by atomic mass is 16.5. The minimum Gasteiger partial charge on any atom is -0.493 e. The Hall–Kier alpha value is -2.25. The number of morpholine rings is 1. The predicted octanol–water partition coefficient (Wildman–Crippen LogP) is 2.21. The van der Waals surface area contributed by atoms with Gasteiger partial charge in [0, 0.05) is 37.8 Å². The lowest BCUT2D eigenvalue weighted by Gasteiger charge is -2.32. The Bertz CT molecular complexity index is 672. The van der Waals surface area contributed by atoms with E-state index in [0.29, 0.717) is 19.0 Å². The molecule has 2 N–H and O–H groups in total. The van der Waals surface area contributed by atoms with Crippen molar-refractivity contribution >= 4 is 5.96 Å². The van der Waals surface area contributed by atoms with E-state index < -0.39 is 0 Å². The Balaban J connectivity index is 2.06. The summed E-state index contributed by atoms with van der Waals surface area (Å²) in [5, 5.41) is 6.79. The zero-order valence-electron chi connectivity index (χ0n) is 18.3. The van der Waals surface area contributed by atoms with E-state index in [0.717, 1.165) is 68.0 Å². The van der Waals surface area contributed by atoms with Gasteiger partial charge in [-0.2, -0.15) is 0 Å². The van der Waals surface area contributed by atoms with Crippen LogP contribution in [-0.2, 0) is 17.7 Å². The predicted molar refractivity (Wildman–Crippen MR) is 118 cm³/mol. The number of benzene rings is 1. The summed E-state index contributed by atoms with van der Waals surface area (Å²) in [5.74, 6) is 2.29. The van der Waals surface area contributed by atoms with Crippen LogP contribution in [0, 0.1) is 0 Å². The third kappa shape index (κ3) is 6.94. The zero-order valence-corrected chi connectivity index (χ0v) is 18.3. The van der Waals surface area contributed by atoms with Gasteiger partial charge in [0.2, 0.25) is 0 Å². The summed E-state index contributed by atoms with van der Waals surface area (Å²) >= 11 is 0. The summed E-state index contributed by atoms with van der Waals surface area (Å²) in [6.07, 6.45) is 2.58. The number of methoxy groups -OCH3 is 2. The second-order valence-electron chi connectivity index (χ2n) is 7.06. The topological polar surface area (TPSA) is 67.4 Å². The molecule has 1 aliphatic rings. The summed E-state index contributed by atoms with van der Waals surface area (Å²) in [7, 11) is 3.31. The van der Waals surface area contributed by atoms with Gasteiger partial charge in [-0.1, -0.05) is 6.08 Å². The summed E-state index contributed by atoms with van der Waals surface area (Å²) in [6, 6.07) is 4.50. The number of guanidine groups is 1. The minimum absolute atomic E-state index is 0.419. The van der Waals surface area contributed by atoms with Crippen LogP contribution in [0.15, 0.2) is 29.8 Å². The fourth-order valence-corrected chi connectivity index (χ4v) is 3.41. The molecule has 0 spiro atoms. The molecule has 1 aromatic rings. The van der Waals surface area contributed by atoms with E-state index in [1.807, 2.05) is 12.1 Å². The third-order valence-corrected chi connectivity index (χ3v) is 4.98. The lowest BCUT2D eigenvalue weighted by Crippen LogP contribution is -2.49. The standard InChI is InChI=1S/C22H36N4O3/c1-6-8-19-13-18(14-20(27-4)21(19)28-5)16-25-22(23-7-2)24-15-17(3)26-9-11-29-12-10-26/h6,13-14,17H,1,7-12,15-16H2,2-5H3,(H2,23,24,25). The van der Waals surface area contributed by atoms with Crippen LogP contribution < -0.4 is 20.1 Å². The fourth-order valence-electron chi connectivity index (χ4n) is 3.41. The lowest BCUT2D eigenvalue weighted by molar-refractivity contribution is 0.0211. The monoisotopic (exact) mass is 404 g/mol. The average Bonchev–Trinajstić information content (AvgIpc) is 2.75. The molecule has 1 atom stereocenters. The van der Waals surface area contributed by atoms with Crippen LogP contribution in [0.2, 0.25) is 0 Å². The molecule has 0 saturated carbocycles. The van der Waals surface area contributed by atoms with Crippen LogP contribution in [0.25, 0.3) is 0 Å². The van der Waals surface area contributed by atoms with Crippen molar-refractivity contribution in [2.24, 2.45) is 4.99 Å². The van der Waals surface area contributed by atoms with Crippen molar-refractivity contribution in [1.82, 2.24) is 15.5 Å². The molecule has 1 unspecified atom stereocenters. The zero-order chi connectivity index (χ0) is 21.1. The van der Waals surface area contributed by atoms with Crippen molar-refractivity contribution in [2.75, 3.05) is 53.6 Å². The second kappa shape index (κ2) is 12.3. The normalized spacial score (nSPS) is 16.2. The first-order chi connectivity index (χ1) is 14.1. The van der Waals surface area contributed by atoms with Crippen molar-refractivity contribution in [3.8, 4) is 11.5 Å². The Morgan fingerprint density at radius 3 is 2.66 bits per heavy atom. The van der Waals surface area contributed by atoms with E-state index in [1.165, 1.54) is 0 Å². The Morgan fingerprint density at radius 2 is 2.03 bits per heavy atom. The molecule has 1 heterocycles. The maximum atomic E-state index is 5.51. The molecule has 7 heteroatoms. The van der Waals surface area contributed by atoms with Crippen molar-refractivity contribution in [1.29, 1.82) is 0 Å². The summed E-state index contributed by atoms with van der Waals surface area (Å²) in [5.41, 5.74) is 2.11. The van der Waals surface area contributed by atoms with Crippen LogP contribution in [0.4, 0.5) is 0 Å². The SMILES string of the molecule is C=CCc1cc(CN=C(NCC)NCC(C)N2CCOCC2)cc(OC)c1OC. The number of nitrogens with zero attached hydrogens (tertiary/aromatic N) is 2. The quantitative estimate of drug-likeness (QED) is 0.354. The Kier molecular flexibility index (Phi) is 9.80. The van der Waals surface area contributed by atoms with Crippen LogP contribution in [0.3, 0.4) is 0 Å². The fraction of sp³-hybridized carbons (Fsp3) is 0.591. The third-order valence-electron chi connectivity index (χ3n) is 4.98. The highest BCUT2D eigenvalue weighted by molar-refractivity contribution is 5.79. The smallest absolute Gasteiger partial charge is 0.191 e. The maximum absolute atomic E-state index is 5.51. The van der Waals surface area contributed by atoms with Gasteiger partial charge in [-0.25, -0.2) is 4.99 Å². The van der Waals surface area contributed by atoms with Crippen LogP contribution in [-0.4, -0.2) is 70.5 Å². The summed E-state index contributed by atoms with van der Waals surface area (Å²) in [4.78, 5) is 7.20. The second-order valence-corrected chi connectivity index (χ2v) is 7.06. The van der Waals surface area contributed by atoms with Gasteiger partial charge >= 0.3 is 0 Å². The first-order valence-electron chi connectivity index (χ1n) is 10.3. The molecule has 0 bridgehead atoms. The van der Waals surface area contributed by atoms with Gasteiger partial charge in [0.05, 0.1) is 34.0 Å². The largest absolute Gasteiger partial charge is 0.493 e. The molecule has 1 aliphatic heterocycles. The van der Waals surface area contributed by atoms with Crippen molar-refractivity contribution in [3.63, 3.8) is 0 Å². The summed E-state index contributed by atoms with van der Waals surface area (Å²) in [6.45, 7) is 13.9. The number of nitrogens with one attached hydrogen (secondary N) is 2. The number of allylic oxidation sites excluding steroid dienone is 1. The van der Waals surface area contributed by atoms with Crippen LogP contribution in [0.5, 0.6) is 11.5 Å². The average molecular weight is 405 g/mol. The number of aliphatic imine (C=N–C) groups is 1. The van der Waals surface area contributed by atoms with E-state index in [2.05, 4.69) is 42.0 Å². The van der Waals surface area contributed by atoms with Gasteiger partial charge in [0.25, 0.3) is 0 Å². The summed E-state index contributed by atoms with van der Waals surface area (Å²) < 4.78 is 16.5. The first-order valence-corrected chi connectivity index (χ1v) is 10.3. The van der Waals surface area contributed by atoms with Gasteiger partial charge in [-0.3, -0.25) is 4.90 Å². The van der Waals surface area contributed by atoms with Crippen LogP contribution >= 0.6 is 0 Å². The van der Waals surface area contributed by atoms with Crippen molar-refractivity contribution in [3.05, 3.63) is 35.9 Å². The Labute approximate surface area is 175 Å².